The number of phenols is 1. The van der Waals surface area contributed by atoms with E-state index in [1.807, 2.05) is 0 Å². The third-order valence-corrected chi connectivity index (χ3v) is 5.85. The Hall–Kier alpha value is -3.71. The van der Waals surface area contributed by atoms with E-state index in [0.29, 0.717) is 12.0 Å². The molecule has 6 atom stereocenters. The van der Waals surface area contributed by atoms with Crippen LogP contribution < -0.4 is 21.7 Å². The molecule has 206 valence electrons. The number of aliphatic hydroxyl groups is 1. The van der Waals surface area contributed by atoms with Crippen molar-refractivity contribution in [2.45, 2.75) is 76.7 Å². The molecule has 0 heterocycles. The Balaban J connectivity index is 3.03. The van der Waals surface area contributed by atoms with Gasteiger partial charge in [0.05, 0.1) is 12.1 Å². The minimum Gasteiger partial charge on any atom is -0.508 e. The molecule has 37 heavy (non-hydrogen) atoms. The van der Waals surface area contributed by atoms with Gasteiger partial charge in [0.15, 0.2) is 6.04 Å². The number of carboxylic acid groups (broad SMARTS) is 2. The molecule has 6 unspecified atom stereocenters. The number of phenolic OH excluding ortho intramolecular Hbond substituents is 1. The number of aliphatic carboxylic acids is 2. The first-order valence-electron chi connectivity index (χ1n) is 11.8. The van der Waals surface area contributed by atoms with E-state index in [2.05, 4.69) is 16.0 Å². The van der Waals surface area contributed by atoms with Gasteiger partial charge in [-0.15, -0.1) is 0 Å². The van der Waals surface area contributed by atoms with Gasteiger partial charge in [0.1, 0.15) is 17.8 Å². The minimum atomic E-state index is -1.61. The zero-order valence-corrected chi connectivity index (χ0v) is 21.0. The molecule has 0 aliphatic heterocycles. The quantitative estimate of drug-likeness (QED) is 0.141. The molecule has 1 aromatic rings. The number of carboxylic acids is 2. The number of aromatic hydroxyl groups is 1. The fraction of sp³-hybridized carbons (Fsp3) is 0.542. The molecular formula is C24H36N4O9. The monoisotopic (exact) mass is 524 g/mol. The number of aliphatic hydroxyl groups excluding tert-OH is 1. The Morgan fingerprint density at radius 1 is 0.892 bits per heavy atom. The summed E-state index contributed by atoms with van der Waals surface area (Å²) < 4.78 is 0. The van der Waals surface area contributed by atoms with Crippen LogP contribution in [-0.4, -0.2) is 80.4 Å². The largest absolute Gasteiger partial charge is 0.508 e. The van der Waals surface area contributed by atoms with Crippen molar-refractivity contribution in [1.82, 2.24) is 16.0 Å². The second-order valence-corrected chi connectivity index (χ2v) is 8.91. The first-order chi connectivity index (χ1) is 17.3. The maximum Gasteiger partial charge on any atom is 0.328 e. The van der Waals surface area contributed by atoms with Crippen molar-refractivity contribution in [3.8, 4) is 5.75 Å². The summed E-state index contributed by atoms with van der Waals surface area (Å²) in [7, 11) is 0. The highest BCUT2D eigenvalue weighted by molar-refractivity contribution is 5.94. The summed E-state index contributed by atoms with van der Waals surface area (Å²) in [6.07, 6.45) is -1.68. The highest BCUT2D eigenvalue weighted by Gasteiger charge is 2.34. The Kier molecular flexibility index (Phi) is 12.5. The molecule has 0 spiro atoms. The summed E-state index contributed by atoms with van der Waals surface area (Å²) in [5.74, 6) is -5.55. The molecule has 13 nitrogen and oxygen atoms in total. The number of amides is 3. The van der Waals surface area contributed by atoms with Crippen LogP contribution in [0.4, 0.5) is 0 Å². The van der Waals surface area contributed by atoms with E-state index in [9.17, 15) is 39.3 Å². The highest BCUT2D eigenvalue weighted by Crippen LogP contribution is 2.12. The van der Waals surface area contributed by atoms with E-state index in [1.54, 1.807) is 26.0 Å². The van der Waals surface area contributed by atoms with Crippen molar-refractivity contribution >= 4 is 29.7 Å². The average molecular weight is 525 g/mol. The lowest BCUT2D eigenvalue weighted by atomic mass is 9.96. The fourth-order valence-corrected chi connectivity index (χ4v) is 3.38. The molecule has 0 saturated heterocycles. The van der Waals surface area contributed by atoms with E-state index >= 15 is 0 Å². The minimum absolute atomic E-state index is 0.0372. The standard InChI is InChI=1S/C24H36N4O9/c1-4-12(2)19(23(35)28-20(13(3)29)24(36)37)27-22(34)17(9-10-18(31)32)26-21(33)16(25)11-14-5-7-15(30)8-6-14/h5-8,12-13,16-17,19-20,29-30H,4,9-11,25H2,1-3H3,(H,26,33)(H,27,34)(H,28,35)(H,31,32)(H,36,37). The van der Waals surface area contributed by atoms with Crippen molar-refractivity contribution < 1.29 is 44.4 Å². The maximum absolute atomic E-state index is 13.1. The second-order valence-electron chi connectivity index (χ2n) is 8.91. The van der Waals surface area contributed by atoms with E-state index in [1.165, 1.54) is 19.1 Å². The fourth-order valence-electron chi connectivity index (χ4n) is 3.38. The molecule has 0 fully saturated rings. The Labute approximate surface area is 214 Å². The summed E-state index contributed by atoms with van der Waals surface area (Å²) in [6.45, 7) is 4.57. The van der Waals surface area contributed by atoms with Gasteiger partial charge >= 0.3 is 11.9 Å². The smallest absolute Gasteiger partial charge is 0.328 e. The van der Waals surface area contributed by atoms with Gasteiger partial charge in [-0.2, -0.15) is 0 Å². The van der Waals surface area contributed by atoms with E-state index in [-0.39, 0.29) is 18.6 Å². The third-order valence-electron chi connectivity index (χ3n) is 5.85. The summed E-state index contributed by atoms with van der Waals surface area (Å²) in [5.41, 5.74) is 6.60. The number of hydrogen-bond donors (Lipinski definition) is 8. The predicted molar refractivity (Wildman–Crippen MR) is 131 cm³/mol. The maximum atomic E-state index is 13.1. The highest BCUT2D eigenvalue weighted by atomic mass is 16.4. The molecule has 1 rings (SSSR count). The lowest BCUT2D eigenvalue weighted by Crippen LogP contribution is -2.59. The lowest BCUT2D eigenvalue weighted by Gasteiger charge is -2.28. The van der Waals surface area contributed by atoms with Crippen molar-refractivity contribution in [3.63, 3.8) is 0 Å². The molecule has 0 radical (unpaired) electrons. The van der Waals surface area contributed by atoms with Gasteiger partial charge in [-0.3, -0.25) is 19.2 Å². The van der Waals surface area contributed by atoms with Crippen LogP contribution in [0.15, 0.2) is 24.3 Å². The van der Waals surface area contributed by atoms with Crippen molar-refractivity contribution in [2.24, 2.45) is 11.7 Å². The van der Waals surface area contributed by atoms with Gasteiger partial charge in [0.2, 0.25) is 17.7 Å². The molecule has 0 aromatic heterocycles. The lowest BCUT2D eigenvalue weighted by molar-refractivity contribution is -0.145. The zero-order chi connectivity index (χ0) is 28.3. The zero-order valence-electron chi connectivity index (χ0n) is 21.0. The summed E-state index contributed by atoms with van der Waals surface area (Å²) in [5, 5.41) is 44.5. The molecule has 3 amide bonds. The van der Waals surface area contributed by atoms with Crippen LogP contribution in [0.2, 0.25) is 0 Å². The number of rotatable bonds is 15. The van der Waals surface area contributed by atoms with Gasteiger partial charge in [-0.05, 0) is 43.4 Å². The van der Waals surface area contributed by atoms with E-state index in [0.717, 1.165) is 0 Å². The molecule has 9 N–H and O–H groups in total. The third kappa shape index (κ3) is 10.4. The number of carbonyl (C=O) groups is 5. The molecular weight excluding hydrogens is 488 g/mol. The second kappa shape index (κ2) is 14.8. The van der Waals surface area contributed by atoms with Crippen molar-refractivity contribution in [1.29, 1.82) is 0 Å². The van der Waals surface area contributed by atoms with Gasteiger partial charge in [0.25, 0.3) is 0 Å². The van der Waals surface area contributed by atoms with Gasteiger partial charge < -0.3 is 42.1 Å². The van der Waals surface area contributed by atoms with Crippen LogP contribution in [0, 0.1) is 5.92 Å². The normalized spacial score (nSPS) is 15.8. The first-order valence-corrected chi connectivity index (χ1v) is 11.8. The van der Waals surface area contributed by atoms with Crippen molar-refractivity contribution in [2.75, 3.05) is 0 Å². The molecule has 0 saturated carbocycles. The molecule has 13 heteroatoms. The number of nitrogens with one attached hydrogen (secondary N) is 3. The first kappa shape index (κ1) is 31.3. The molecule has 0 aliphatic carbocycles. The summed E-state index contributed by atoms with van der Waals surface area (Å²) in [6, 6.07) is 0.713. The Morgan fingerprint density at radius 3 is 1.95 bits per heavy atom. The molecule has 0 aliphatic rings. The van der Waals surface area contributed by atoms with Crippen LogP contribution in [-0.2, 0) is 30.4 Å². The SMILES string of the molecule is CCC(C)C(NC(=O)C(CCC(=O)O)NC(=O)C(N)Cc1ccc(O)cc1)C(=O)NC(C(=O)O)C(C)O. The number of nitrogens with two attached hydrogens (primary N) is 1. The topological polar surface area (TPSA) is 228 Å². The van der Waals surface area contributed by atoms with Crippen LogP contribution in [0.5, 0.6) is 5.75 Å². The molecule has 0 bridgehead atoms. The van der Waals surface area contributed by atoms with Gasteiger partial charge in [-0.1, -0.05) is 32.4 Å². The van der Waals surface area contributed by atoms with Crippen molar-refractivity contribution in [3.05, 3.63) is 29.8 Å². The van der Waals surface area contributed by atoms with Crippen LogP contribution in [0.1, 0.15) is 45.6 Å². The van der Waals surface area contributed by atoms with Crippen LogP contribution >= 0.6 is 0 Å². The summed E-state index contributed by atoms with van der Waals surface area (Å²) in [4.78, 5) is 61.1. The average Bonchev–Trinajstić information content (AvgIpc) is 2.83. The number of carbonyl (C=O) groups excluding carboxylic acids is 3. The Morgan fingerprint density at radius 2 is 1.46 bits per heavy atom. The van der Waals surface area contributed by atoms with Crippen LogP contribution in [0.3, 0.4) is 0 Å². The van der Waals surface area contributed by atoms with E-state index in [4.69, 9.17) is 10.8 Å². The van der Waals surface area contributed by atoms with Gasteiger partial charge in [0, 0.05) is 6.42 Å². The molecule has 1 aromatic carbocycles. The van der Waals surface area contributed by atoms with Crippen LogP contribution in [0.25, 0.3) is 0 Å². The number of hydrogen-bond acceptors (Lipinski definition) is 8. The van der Waals surface area contributed by atoms with Gasteiger partial charge in [-0.25, -0.2) is 4.79 Å². The summed E-state index contributed by atoms with van der Waals surface area (Å²) >= 11 is 0. The van der Waals surface area contributed by atoms with E-state index < -0.39 is 72.3 Å². The Bertz CT molecular complexity index is 952. The predicted octanol–water partition coefficient (Wildman–Crippen LogP) is -0.907. The number of benzene rings is 1.